The van der Waals surface area contributed by atoms with Gasteiger partial charge in [0.25, 0.3) is 10.4 Å². The van der Waals surface area contributed by atoms with Crippen molar-refractivity contribution in [1.82, 2.24) is 4.98 Å². The summed E-state index contributed by atoms with van der Waals surface area (Å²) in [5.41, 5.74) is 0.299. The highest BCUT2D eigenvalue weighted by atomic mass is 32.3. The van der Waals surface area contributed by atoms with Crippen molar-refractivity contribution in [3.8, 4) is 0 Å². The highest BCUT2D eigenvalue weighted by molar-refractivity contribution is 8.14. The minimum absolute atomic E-state index is 0.0131. The quantitative estimate of drug-likeness (QED) is 0.121. The molecule has 5 N–H and O–H groups in total. The summed E-state index contributed by atoms with van der Waals surface area (Å²) in [6.07, 6.45) is -4.20. The van der Waals surface area contributed by atoms with Gasteiger partial charge in [-0.1, -0.05) is 35.1 Å². The van der Waals surface area contributed by atoms with Gasteiger partial charge >= 0.3 is 0 Å². The van der Waals surface area contributed by atoms with E-state index in [1.165, 1.54) is 0 Å². The fraction of sp³-hybridized carbons (Fsp3) is 0.438. The Labute approximate surface area is 169 Å². The van der Waals surface area contributed by atoms with Gasteiger partial charge in [0.15, 0.2) is 0 Å². The van der Waals surface area contributed by atoms with Crippen LogP contribution in [-0.4, -0.2) is 79.9 Å². The van der Waals surface area contributed by atoms with E-state index in [4.69, 9.17) is 4.74 Å². The van der Waals surface area contributed by atoms with E-state index in [2.05, 4.69) is 14.4 Å². The van der Waals surface area contributed by atoms with Gasteiger partial charge in [-0.3, -0.25) is 4.28 Å². The number of fused-ring (bicyclic) bond motifs is 1. The molecule has 0 bridgehead atoms. The Morgan fingerprint density at radius 3 is 2.66 bits per heavy atom. The van der Waals surface area contributed by atoms with E-state index in [9.17, 15) is 33.4 Å². The van der Waals surface area contributed by atoms with Gasteiger partial charge in [0.1, 0.15) is 34.9 Å². The number of para-hydroxylation sites is 1. The largest absolute Gasteiger partial charge is 0.714 e. The highest BCUT2D eigenvalue weighted by Crippen LogP contribution is 2.31. The van der Waals surface area contributed by atoms with Gasteiger partial charge in [0.05, 0.1) is 6.61 Å². The number of aliphatic hydroxyl groups excluding tert-OH is 4. The van der Waals surface area contributed by atoms with Gasteiger partial charge in [-0.2, -0.15) is 8.42 Å². The van der Waals surface area contributed by atoms with Crippen LogP contribution in [0.1, 0.15) is 5.56 Å². The molecule has 0 amide bonds. The molecule has 5 atom stereocenters. The van der Waals surface area contributed by atoms with Crippen LogP contribution in [0.5, 0.6) is 0 Å². The highest BCUT2D eigenvalue weighted by Gasteiger charge is 2.44. The van der Waals surface area contributed by atoms with Crippen LogP contribution in [-0.2, 0) is 25.8 Å². The zero-order valence-corrected chi connectivity index (χ0v) is 16.4. The molecule has 2 heterocycles. The van der Waals surface area contributed by atoms with E-state index in [1.54, 1.807) is 12.3 Å². The maximum absolute atomic E-state index is 10.8. The van der Waals surface area contributed by atoms with E-state index in [0.29, 0.717) is 17.3 Å². The lowest BCUT2D eigenvalue weighted by atomic mass is 10.0. The first-order chi connectivity index (χ1) is 13.7. The van der Waals surface area contributed by atoms with E-state index in [0.717, 1.165) is 10.9 Å². The summed E-state index contributed by atoms with van der Waals surface area (Å²) in [7, 11) is -5.12. The molecular weight excluding hydrogens is 428 g/mol. The normalized spacial score (nSPS) is 28.6. The average Bonchev–Trinajstić information content (AvgIpc) is 3.08. The lowest BCUT2D eigenvalue weighted by molar-refractivity contribution is -0.205. The minimum atomic E-state index is -5.12. The van der Waals surface area contributed by atoms with Gasteiger partial charge < -0.3 is 34.7 Å². The molecule has 1 fully saturated rings. The van der Waals surface area contributed by atoms with Crippen LogP contribution in [0.15, 0.2) is 35.6 Å². The van der Waals surface area contributed by atoms with Crippen LogP contribution in [0.4, 0.5) is 0 Å². The number of nitrogens with one attached hydrogen (secondary N) is 1. The number of aliphatic hydroxyl groups is 4. The van der Waals surface area contributed by atoms with Crippen molar-refractivity contribution in [2.75, 3.05) is 6.61 Å². The Hall–Kier alpha value is -1.71. The summed E-state index contributed by atoms with van der Waals surface area (Å²) < 4.78 is 41.8. The Morgan fingerprint density at radius 2 is 1.97 bits per heavy atom. The van der Waals surface area contributed by atoms with Crippen molar-refractivity contribution >= 4 is 38.1 Å². The molecular formula is C16H19N2O9S2-. The van der Waals surface area contributed by atoms with Crippen molar-refractivity contribution in [2.45, 2.75) is 36.3 Å². The first-order valence-electron chi connectivity index (χ1n) is 8.43. The monoisotopic (exact) mass is 447 g/mol. The van der Waals surface area contributed by atoms with Crippen LogP contribution in [0, 0.1) is 0 Å². The smallest absolute Gasteiger partial charge is 0.284 e. The molecule has 160 valence electrons. The van der Waals surface area contributed by atoms with E-state index in [1.807, 2.05) is 18.2 Å². The summed E-state index contributed by atoms with van der Waals surface area (Å²) >= 11 is 0.699. The summed E-state index contributed by atoms with van der Waals surface area (Å²) in [6.45, 7) is -0.623. The number of oxime groups is 1. The van der Waals surface area contributed by atoms with Crippen LogP contribution in [0.2, 0.25) is 0 Å². The third kappa shape index (κ3) is 5.26. The molecule has 2 aromatic rings. The Balaban J connectivity index is 1.85. The number of hydrogen-bond donors (Lipinski definition) is 5. The maximum Gasteiger partial charge on any atom is 0.284 e. The molecule has 0 radical (unpaired) electrons. The standard InChI is InChI=1S/C16H20N2O9S2/c19-7-11-13(20)14(21)15(22)16(26-11)28-12(18-27-29(23,24)25)5-8-6-17-10-4-2-1-3-9(8)10/h1-4,6,11,13-17,19-22H,5,7H2,(H,23,24,25)/p-1/b18-12-/t11-,13-,14-,15-,16+/m1/s1. The summed E-state index contributed by atoms with van der Waals surface area (Å²) in [5, 5.41) is 43.4. The second-order valence-electron chi connectivity index (χ2n) is 6.32. The Kier molecular flexibility index (Phi) is 6.80. The SMILES string of the molecule is O=S(=O)([O-])O/N=C(/Cc1c[nH]c2ccccc12)S[C@@H]1O[C@H](CO)[C@@H](O)[C@@H](O)[C@H]1O. The number of nitrogens with zero attached hydrogens (tertiary/aromatic N) is 1. The lowest BCUT2D eigenvalue weighted by Gasteiger charge is -2.39. The Morgan fingerprint density at radius 1 is 1.24 bits per heavy atom. The van der Waals surface area contributed by atoms with Crippen molar-refractivity contribution in [2.24, 2.45) is 5.16 Å². The van der Waals surface area contributed by atoms with Gasteiger partial charge in [-0.15, -0.1) is 0 Å². The predicted octanol–water partition coefficient (Wildman–Crippen LogP) is -0.966. The maximum atomic E-state index is 10.8. The van der Waals surface area contributed by atoms with Crippen molar-refractivity contribution in [3.05, 3.63) is 36.0 Å². The zero-order chi connectivity index (χ0) is 21.2. The van der Waals surface area contributed by atoms with Crippen LogP contribution in [0.25, 0.3) is 10.9 Å². The molecule has 1 aromatic carbocycles. The fourth-order valence-corrected chi connectivity index (χ4v) is 4.24. The van der Waals surface area contributed by atoms with Crippen molar-refractivity contribution in [3.63, 3.8) is 0 Å². The third-order valence-corrected chi connectivity index (χ3v) is 5.72. The predicted molar refractivity (Wildman–Crippen MR) is 102 cm³/mol. The Bertz CT molecular complexity index is 976. The zero-order valence-electron chi connectivity index (χ0n) is 14.8. The molecule has 0 aliphatic carbocycles. The molecule has 0 spiro atoms. The number of rotatable bonds is 6. The van der Waals surface area contributed by atoms with Gasteiger partial charge in [-0.05, 0) is 11.6 Å². The molecule has 0 saturated carbocycles. The van der Waals surface area contributed by atoms with E-state index in [-0.39, 0.29) is 11.5 Å². The number of hydrogen-bond acceptors (Lipinski definition) is 11. The van der Waals surface area contributed by atoms with Crippen LogP contribution >= 0.6 is 11.8 Å². The second kappa shape index (κ2) is 8.97. The number of benzene rings is 1. The topological polar surface area (TPSA) is 185 Å². The van der Waals surface area contributed by atoms with E-state index >= 15 is 0 Å². The van der Waals surface area contributed by atoms with Crippen LogP contribution in [0.3, 0.4) is 0 Å². The lowest BCUT2D eigenvalue weighted by Crippen LogP contribution is -2.57. The number of aromatic amines is 1. The summed E-state index contributed by atoms with van der Waals surface area (Å²) in [4.78, 5) is 3.04. The first kappa shape index (κ1) is 22.0. The molecule has 3 rings (SSSR count). The number of aromatic nitrogens is 1. The third-order valence-electron chi connectivity index (χ3n) is 4.35. The minimum Gasteiger partial charge on any atom is -0.714 e. The average molecular weight is 447 g/mol. The molecule has 1 aliphatic heterocycles. The van der Waals surface area contributed by atoms with Crippen molar-refractivity contribution in [1.29, 1.82) is 0 Å². The molecule has 0 unspecified atom stereocenters. The van der Waals surface area contributed by atoms with E-state index < -0.39 is 46.9 Å². The molecule has 13 heteroatoms. The molecule has 29 heavy (non-hydrogen) atoms. The van der Waals surface area contributed by atoms with Gasteiger partial charge in [0.2, 0.25) is 0 Å². The van der Waals surface area contributed by atoms with Gasteiger partial charge in [-0.25, -0.2) is 0 Å². The summed E-state index contributed by atoms with van der Waals surface area (Å²) in [6, 6.07) is 7.29. The first-order valence-corrected chi connectivity index (χ1v) is 10.6. The second-order valence-corrected chi connectivity index (χ2v) is 8.46. The molecule has 11 nitrogen and oxygen atoms in total. The van der Waals surface area contributed by atoms with Crippen molar-refractivity contribution < 1.29 is 42.4 Å². The van der Waals surface area contributed by atoms with Gasteiger partial charge in [0, 0.05) is 23.5 Å². The molecule has 1 saturated heterocycles. The number of thioether (sulfide) groups is 1. The van der Waals surface area contributed by atoms with Crippen LogP contribution < -0.4 is 0 Å². The molecule has 1 aromatic heterocycles. The summed E-state index contributed by atoms with van der Waals surface area (Å²) in [5.74, 6) is 0. The number of H-pyrrole nitrogens is 1. The fourth-order valence-electron chi connectivity index (χ4n) is 2.92. The molecule has 1 aliphatic rings. The number of ether oxygens (including phenoxy) is 1.